The Morgan fingerprint density at radius 3 is 2.33 bits per heavy atom. The lowest BCUT2D eigenvalue weighted by Crippen LogP contribution is -2.43. The molecule has 0 atom stereocenters. The Bertz CT molecular complexity index is 552. The van der Waals surface area contributed by atoms with Crippen molar-refractivity contribution in [3.05, 3.63) is 29.3 Å². The molecule has 0 amide bonds. The van der Waals surface area contributed by atoms with E-state index in [9.17, 15) is 5.26 Å². The van der Waals surface area contributed by atoms with Gasteiger partial charge in [0, 0.05) is 5.56 Å². The maximum atomic E-state index is 9.21. The third-order valence-electron chi connectivity index (χ3n) is 4.13. The molecule has 0 N–H and O–H groups in total. The first-order valence-corrected chi connectivity index (χ1v) is 10.1. The Balaban J connectivity index is 2.31. The van der Waals surface area contributed by atoms with E-state index in [2.05, 4.69) is 39.9 Å². The molecule has 1 heterocycles. The number of rotatable bonds is 3. The molecule has 1 aromatic carbocycles. The molecule has 0 unspecified atom stereocenters. The quantitative estimate of drug-likeness (QED) is 0.792. The lowest BCUT2D eigenvalue weighted by Gasteiger charge is -2.36. The zero-order valence-electron chi connectivity index (χ0n) is 13.4. The minimum Gasteiger partial charge on any atom is -0.543 e. The van der Waals surface area contributed by atoms with E-state index in [0.717, 1.165) is 11.3 Å². The Kier molecular flexibility index (Phi) is 4.42. The van der Waals surface area contributed by atoms with Crippen molar-refractivity contribution in [1.29, 1.82) is 5.26 Å². The molecule has 0 spiro atoms. The van der Waals surface area contributed by atoms with E-state index in [1.165, 1.54) is 0 Å². The van der Waals surface area contributed by atoms with Gasteiger partial charge in [0.2, 0.25) is 8.32 Å². The summed E-state index contributed by atoms with van der Waals surface area (Å²) in [5.41, 5.74) is 1.42. The van der Waals surface area contributed by atoms with Crippen molar-refractivity contribution < 1.29 is 13.9 Å². The first kappa shape index (κ1) is 16.0. The lowest BCUT2D eigenvalue weighted by atomic mass is 10.1. The van der Waals surface area contributed by atoms with E-state index < -0.39 is 8.32 Å². The second kappa shape index (κ2) is 5.80. The fourth-order valence-electron chi connectivity index (χ4n) is 1.88. The number of nitriles is 1. The van der Waals surface area contributed by atoms with Crippen molar-refractivity contribution >= 4 is 8.32 Å². The summed E-state index contributed by atoms with van der Waals surface area (Å²) < 4.78 is 17.3. The molecule has 1 aliphatic heterocycles. The van der Waals surface area contributed by atoms with E-state index >= 15 is 0 Å². The van der Waals surface area contributed by atoms with Crippen LogP contribution in [-0.4, -0.2) is 21.5 Å². The number of hydrogen-bond acceptors (Lipinski definition) is 4. The zero-order valence-corrected chi connectivity index (χ0v) is 14.4. The van der Waals surface area contributed by atoms with Crippen LogP contribution in [0.2, 0.25) is 18.1 Å². The summed E-state index contributed by atoms with van der Waals surface area (Å²) in [5.74, 6) is 0.731. The average molecular weight is 305 g/mol. The van der Waals surface area contributed by atoms with Gasteiger partial charge < -0.3 is 13.9 Å². The first-order chi connectivity index (χ1) is 9.73. The minimum atomic E-state index is -1.93. The molecule has 4 nitrogen and oxygen atoms in total. The van der Waals surface area contributed by atoms with Crippen LogP contribution in [0.25, 0.3) is 0 Å². The maximum absolute atomic E-state index is 9.21. The number of ether oxygens (including phenoxy) is 2. The van der Waals surface area contributed by atoms with Crippen LogP contribution < -0.4 is 4.43 Å². The van der Waals surface area contributed by atoms with Crippen LogP contribution in [0.3, 0.4) is 0 Å². The lowest BCUT2D eigenvalue weighted by molar-refractivity contribution is -0.0442. The van der Waals surface area contributed by atoms with Crippen LogP contribution >= 0.6 is 0 Å². The normalized spacial score (nSPS) is 16.8. The smallest absolute Gasteiger partial charge is 0.250 e. The Labute approximate surface area is 127 Å². The number of hydrogen-bond donors (Lipinski definition) is 0. The summed E-state index contributed by atoms with van der Waals surface area (Å²) in [5, 5.41) is 9.32. The molecule has 1 aromatic rings. The largest absolute Gasteiger partial charge is 0.543 e. The second-order valence-corrected chi connectivity index (χ2v) is 11.6. The predicted octanol–water partition coefficient (Wildman–Crippen LogP) is 3.99. The maximum Gasteiger partial charge on any atom is 0.250 e. The van der Waals surface area contributed by atoms with Crippen LogP contribution in [0, 0.1) is 11.3 Å². The third kappa shape index (κ3) is 3.65. The monoisotopic (exact) mass is 305 g/mol. The van der Waals surface area contributed by atoms with Crippen molar-refractivity contribution in [2.75, 3.05) is 13.2 Å². The first-order valence-electron chi connectivity index (χ1n) is 7.20. The highest BCUT2D eigenvalue weighted by atomic mass is 28.4. The van der Waals surface area contributed by atoms with Gasteiger partial charge in [-0.1, -0.05) is 20.8 Å². The van der Waals surface area contributed by atoms with Crippen LogP contribution in [0.4, 0.5) is 0 Å². The van der Waals surface area contributed by atoms with Crippen molar-refractivity contribution in [3.8, 4) is 11.8 Å². The fourth-order valence-corrected chi connectivity index (χ4v) is 2.89. The van der Waals surface area contributed by atoms with Gasteiger partial charge in [-0.3, -0.25) is 0 Å². The topological polar surface area (TPSA) is 51.5 Å². The molecule has 0 bridgehead atoms. The van der Waals surface area contributed by atoms with E-state index in [1.807, 2.05) is 6.07 Å². The molecular formula is C16H23NO3Si. The zero-order chi connectivity index (χ0) is 15.7. The molecular weight excluding hydrogens is 282 g/mol. The van der Waals surface area contributed by atoms with Gasteiger partial charge in [0.25, 0.3) is 0 Å². The van der Waals surface area contributed by atoms with Gasteiger partial charge in [-0.25, -0.2) is 0 Å². The van der Waals surface area contributed by atoms with Crippen molar-refractivity contribution in [3.63, 3.8) is 0 Å². The fraction of sp³-hybridized carbons (Fsp3) is 0.562. The van der Waals surface area contributed by atoms with Crippen LogP contribution in [0.1, 0.15) is 38.2 Å². The molecule has 1 saturated heterocycles. The van der Waals surface area contributed by atoms with Crippen LogP contribution in [-0.2, 0) is 9.47 Å². The Hall–Kier alpha value is -1.35. The summed E-state index contributed by atoms with van der Waals surface area (Å²) in [6.45, 7) is 12.1. The summed E-state index contributed by atoms with van der Waals surface area (Å²) in [6, 6.07) is 7.70. The molecule has 0 aliphatic carbocycles. The molecule has 21 heavy (non-hydrogen) atoms. The summed E-state index contributed by atoms with van der Waals surface area (Å²) in [7, 11) is -1.93. The van der Waals surface area contributed by atoms with Gasteiger partial charge in [-0.05, 0) is 36.3 Å². The van der Waals surface area contributed by atoms with Crippen molar-refractivity contribution in [2.24, 2.45) is 0 Å². The molecule has 2 rings (SSSR count). The Morgan fingerprint density at radius 2 is 1.81 bits per heavy atom. The number of benzene rings is 1. The van der Waals surface area contributed by atoms with Gasteiger partial charge in [0.15, 0.2) is 6.29 Å². The molecule has 1 fully saturated rings. The van der Waals surface area contributed by atoms with Crippen LogP contribution in [0.5, 0.6) is 5.75 Å². The Morgan fingerprint density at radius 1 is 1.19 bits per heavy atom. The van der Waals surface area contributed by atoms with E-state index in [-0.39, 0.29) is 11.3 Å². The van der Waals surface area contributed by atoms with Crippen molar-refractivity contribution in [1.82, 2.24) is 0 Å². The standard InChI is InChI=1S/C16H23NO3Si/c1-16(2,3)21(4,5)20-14-9-12(11-17)8-13(10-14)15-18-6-7-19-15/h8-10,15H,6-7H2,1-5H3. The SMILES string of the molecule is CC(C)(C)[Si](C)(C)Oc1cc(C#N)cc(C2OCCO2)c1. The number of nitrogens with zero attached hydrogens (tertiary/aromatic N) is 1. The average Bonchev–Trinajstić information content (AvgIpc) is 2.90. The highest BCUT2D eigenvalue weighted by molar-refractivity contribution is 6.74. The third-order valence-corrected chi connectivity index (χ3v) is 8.49. The molecule has 0 radical (unpaired) electrons. The van der Waals surface area contributed by atoms with E-state index in [0.29, 0.717) is 18.8 Å². The molecule has 0 saturated carbocycles. The van der Waals surface area contributed by atoms with Gasteiger partial charge in [-0.15, -0.1) is 0 Å². The summed E-state index contributed by atoms with van der Waals surface area (Å²) >= 11 is 0. The molecule has 0 aromatic heterocycles. The second-order valence-electron chi connectivity index (χ2n) is 6.84. The molecule has 114 valence electrons. The van der Waals surface area contributed by atoms with Gasteiger partial charge >= 0.3 is 0 Å². The summed E-state index contributed by atoms with van der Waals surface area (Å²) in [4.78, 5) is 0. The van der Waals surface area contributed by atoms with Gasteiger partial charge in [0.05, 0.1) is 24.8 Å². The highest BCUT2D eigenvalue weighted by Gasteiger charge is 2.39. The van der Waals surface area contributed by atoms with Gasteiger partial charge in [-0.2, -0.15) is 5.26 Å². The van der Waals surface area contributed by atoms with E-state index in [4.69, 9.17) is 13.9 Å². The van der Waals surface area contributed by atoms with Crippen molar-refractivity contribution in [2.45, 2.75) is 45.2 Å². The summed E-state index contributed by atoms with van der Waals surface area (Å²) in [6.07, 6.45) is -0.389. The highest BCUT2D eigenvalue weighted by Crippen LogP contribution is 2.38. The molecule has 5 heteroatoms. The van der Waals surface area contributed by atoms with Crippen LogP contribution in [0.15, 0.2) is 18.2 Å². The predicted molar refractivity (Wildman–Crippen MR) is 83.6 cm³/mol. The van der Waals surface area contributed by atoms with E-state index in [1.54, 1.807) is 12.1 Å². The van der Waals surface area contributed by atoms with Gasteiger partial charge in [0.1, 0.15) is 5.75 Å². The molecule has 1 aliphatic rings. The minimum absolute atomic E-state index is 0.107.